The van der Waals surface area contributed by atoms with E-state index < -0.39 is 27.8 Å². The molecule has 3 rings (SSSR count). The Kier molecular flexibility index (Phi) is 6.65. The van der Waals surface area contributed by atoms with Gasteiger partial charge in [-0.25, -0.2) is 12.8 Å². The van der Waals surface area contributed by atoms with E-state index >= 15 is 0 Å². The summed E-state index contributed by atoms with van der Waals surface area (Å²) in [6.45, 7) is 1.82. The first-order valence-corrected chi connectivity index (χ1v) is 11.7. The molecule has 30 heavy (non-hydrogen) atoms. The van der Waals surface area contributed by atoms with Crippen molar-refractivity contribution in [3.63, 3.8) is 0 Å². The summed E-state index contributed by atoms with van der Waals surface area (Å²) in [4.78, 5) is 16.7. The number of carbonyl (C=O) groups excluding carboxylic acids is 1. The van der Waals surface area contributed by atoms with E-state index in [4.69, 9.17) is 4.74 Å². The molecule has 0 N–H and O–H groups in total. The average molecular weight is 435 g/mol. The predicted molar refractivity (Wildman–Crippen MR) is 115 cm³/mol. The normalized spacial score (nSPS) is 18.6. The van der Waals surface area contributed by atoms with Gasteiger partial charge < -0.3 is 14.5 Å². The zero-order valence-corrected chi connectivity index (χ0v) is 18.2. The fourth-order valence-corrected chi connectivity index (χ4v) is 5.25. The number of amides is 1. The van der Waals surface area contributed by atoms with Crippen molar-refractivity contribution < 1.29 is 22.3 Å². The second kappa shape index (κ2) is 9.04. The quantitative estimate of drug-likeness (QED) is 0.670. The maximum absolute atomic E-state index is 13.9. The fourth-order valence-electron chi connectivity index (χ4n) is 3.52. The lowest BCUT2D eigenvalue weighted by atomic mass is 10.1. The van der Waals surface area contributed by atoms with Crippen LogP contribution in [-0.4, -0.2) is 57.0 Å². The number of rotatable bonds is 7. The smallest absolute Gasteiger partial charge is 0.263 e. The van der Waals surface area contributed by atoms with Gasteiger partial charge in [0.2, 0.25) is 0 Å². The number of hydrogen-bond acceptors (Lipinski definition) is 5. The highest BCUT2D eigenvalue weighted by atomic mass is 32.2. The van der Waals surface area contributed by atoms with Crippen molar-refractivity contribution >= 4 is 21.4 Å². The van der Waals surface area contributed by atoms with Gasteiger partial charge >= 0.3 is 0 Å². The van der Waals surface area contributed by atoms with Gasteiger partial charge in [0, 0.05) is 32.4 Å². The Morgan fingerprint density at radius 2 is 1.83 bits per heavy atom. The molecule has 1 aliphatic heterocycles. The molecule has 0 aliphatic carbocycles. The first-order chi connectivity index (χ1) is 14.2. The maximum Gasteiger partial charge on any atom is 0.263 e. The molecular formula is C22H27FN2O4S. The Hall–Kier alpha value is -2.61. The largest absolute Gasteiger partial charge is 0.478 e. The zero-order chi connectivity index (χ0) is 21.9. The highest BCUT2D eigenvalue weighted by Crippen LogP contribution is 2.24. The van der Waals surface area contributed by atoms with Crippen molar-refractivity contribution in [2.24, 2.45) is 0 Å². The van der Waals surface area contributed by atoms with E-state index in [0.29, 0.717) is 6.42 Å². The Morgan fingerprint density at radius 3 is 2.40 bits per heavy atom. The van der Waals surface area contributed by atoms with Crippen LogP contribution in [0.15, 0.2) is 48.5 Å². The van der Waals surface area contributed by atoms with Crippen LogP contribution in [-0.2, 0) is 21.2 Å². The monoisotopic (exact) mass is 434 g/mol. The summed E-state index contributed by atoms with van der Waals surface area (Å²) in [6, 6.07) is 13.2. The van der Waals surface area contributed by atoms with E-state index in [2.05, 4.69) is 0 Å². The average Bonchev–Trinajstić information content (AvgIpc) is 3.07. The SMILES string of the molecule is C[C@H](Oc1ccccc1F)C(=O)N(Cc1ccc(N(C)C)cc1)[C@H]1CCS(=O)(=O)C1. The molecule has 2 aromatic rings. The fraction of sp³-hybridized carbons (Fsp3) is 0.409. The predicted octanol–water partition coefficient (Wildman–Crippen LogP) is 2.87. The summed E-state index contributed by atoms with van der Waals surface area (Å²) in [5, 5.41) is 0. The standard InChI is InChI=1S/C22H27FN2O4S/c1-16(29-21-7-5-4-6-20(21)23)22(26)25(19-12-13-30(27,28)15-19)14-17-8-10-18(11-9-17)24(2)3/h4-11,16,19H,12-15H2,1-3H3/t16-,19-/m0/s1. The van der Waals surface area contributed by atoms with Gasteiger partial charge in [0.05, 0.1) is 11.5 Å². The molecule has 2 atom stereocenters. The first-order valence-electron chi connectivity index (χ1n) is 9.84. The lowest BCUT2D eigenvalue weighted by molar-refractivity contribution is -0.140. The van der Waals surface area contributed by atoms with E-state index in [1.165, 1.54) is 12.1 Å². The molecule has 1 aliphatic rings. The van der Waals surface area contributed by atoms with Gasteiger partial charge in [-0.2, -0.15) is 0 Å². The Labute approximate surface area is 177 Å². The van der Waals surface area contributed by atoms with Gasteiger partial charge in [-0.15, -0.1) is 0 Å². The van der Waals surface area contributed by atoms with Crippen molar-refractivity contribution in [3.8, 4) is 5.75 Å². The maximum atomic E-state index is 13.9. The van der Waals surface area contributed by atoms with Crippen molar-refractivity contribution in [2.45, 2.75) is 32.0 Å². The second-order valence-corrected chi connectivity index (χ2v) is 10.0. The molecule has 6 nitrogen and oxygen atoms in total. The van der Waals surface area contributed by atoms with Crippen LogP contribution in [0.3, 0.4) is 0 Å². The number of carbonyl (C=O) groups is 1. The molecule has 1 amide bonds. The molecule has 8 heteroatoms. The third kappa shape index (κ3) is 5.30. The number of nitrogens with zero attached hydrogens (tertiary/aromatic N) is 2. The number of para-hydroxylation sites is 1. The summed E-state index contributed by atoms with van der Waals surface area (Å²) < 4.78 is 43.5. The summed E-state index contributed by atoms with van der Waals surface area (Å²) in [7, 11) is 0.704. The minimum Gasteiger partial charge on any atom is -0.478 e. The van der Waals surface area contributed by atoms with Crippen molar-refractivity contribution in [3.05, 3.63) is 59.9 Å². The van der Waals surface area contributed by atoms with E-state index in [-0.39, 0.29) is 29.7 Å². The molecular weight excluding hydrogens is 407 g/mol. The molecule has 1 fully saturated rings. The molecule has 0 saturated carbocycles. The molecule has 1 heterocycles. The molecule has 0 radical (unpaired) electrons. The van der Waals surface area contributed by atoms with Crippen LogP contribution in [0.1, 0.15) is 18.9 Å². The van der Waals surface area contributed by atoms with Crippen molar-refractivity contribution in [2.75, 3.05) is 30.5 Å². The van der Waals surface area contributed by atoms with Gasteiger partial charge in [-0.05, 0) is 43.2 Å². The van der Waals surface area contributed by atoms with Gasteiger partial charge in [-0.3, -0.25) is 4.79 Å². The van der Waals surface area contributed by atoms with Crippen LogP contribution >= 0.6 is 0 Å². The molecule has 0 spiro atoms. The minimum atomic E-state index is -3.18. The molecule has 2 aromatic carbocycles. The lowest BCUT2D eigenvalue weighted by Gasteiger charge is -2.31. The summed E-state index contributed by atoms with van der Waals surface area (Å²) in [5.41, 5.74) is 1.91. The van der Waals surface area contributed by atoms with Gasteiger partial charge in [0.15, 0.2) is 27.5 Å². The number of anilines is 1. The van der Waals surface area contributed by atoms with Crippen LogP contribution in [0.2, 0.25) is 0 Å². The number of hydrogen-bond donors (Lipinski definition) is 0. The van der Waals surface area contributed by atoms with Crippen molar-refractivity contribution in [1.82, 2.24) is 4.90 Å². The third-order valence-electron chi connectivity index (χ3n) is 5.23. The molecule has 0 aromatic heterocycles. The summed E-state index contributed by atoms with van der Waals surface area (Å²) in [5.74, 6) is -0.930. The number of halogens is 1. The van der Waals surface area contributed by atoms with Crippen LogP contribution in [0, 0.1) is 5.82 Å². The Morgan fingerprint density at radius 1 is 1.17 bits per heavy atom. The van der Waals surface area contributed by atoms with Crippen LogP contribution < -0.4 is 9.64 Å². The van der Waals surface area contributed by atoms with E-state index in [9.17, 15) is 17.6 Å². The van der Waals surface area contributed by atoms with Crippen molar-refractivity contribution in [1.29, 1.82) is 0 Å². The van der Waals surface area contributed by atoms with Gasteiger partial charge in [0.25, 0.3) is 5.91 Å². The minimum absolute atomic E-state index is 0.00678. The first kappa shape index (κ1) is 22.1. The van der Waals surface area contributed by atoms with E-state index in [1.54, 1.807) is 24.0 Å². The van der Waals surface area contributed by atoms with Crippen LogP contribution in [0.5, 0.6) is 5.75 Å². The summed E-state index contributed by atoms with van der Waals surface area (Å²) in [6.07, 6.45) is -0.567. The molecule has 162 valence electrons. The van der Waals surface area contributed by atoms with Crippen LogP contribution in [0.25, 0.3) is 0 Å². The molecule has 0 unspecified atom stereocenters. The Bertz CT molecular complexity index is 992. The third-order valence-corrected chi connectivity index (χ3v) is 6.98. The number of benzene rings is 2. The Balaban J connectivity index is 1.81. The number of ether oxygens (including phenoxy) is 1. The molecule has 0 bridgehead atoms. The van der Waals surface area contributed by atoms with E-state index in [0.717, 1.165) is 11.3 Å². The topological polar surface area (TPSA) is 66.9 Å². The second-order valence-electron chi connectivity index (χ2n) is 7.77. The summed E-state index contributed by atoms with van der Waals surface area (Å²) >= 11 is 0. The van der Waals surface area contributed by atoms with Crippen LogP contribution in [0.4, 0.5) is 10.1 Å². The number of sulfone groups is 1. The lowest BCUT2D eigenvalue weighted by Crippen LogP contribution is -2.46. The van der Waals surface area contributed by atoms with Gasteiger partial charge in [0.1, 0.15) is 0 Å². The van der Waals surface area contributed by atoms with Gasteiger partial charge in [-0.1, -0.05) is 24.3 Å². The highest BCUT2D eigenvalue weighted by Gasteiger charge is 2.36. The molecule has 1 saturated heterocycles. The zero-order valence-electron chi connectivity index (χ0n) is 17.4. The highest BCUT2D eigenvalue weighted by molar-refractivity contribution is 7.91. The van der Waals surface area contributed by atoms with E-state index in [1.807, 2.05) is 43.3 Å².